The number of nitrogens with zero attached hydrogens (tertiary/aromatic N) is 3. The van der Waals surface area contributed by atoms with E-state index in [9.17, 15) is 24.6 Å². The summed E-state index contributed by atoms with van der Waals surface area (Å²) in [6, 6.07) is 5.88. The molecule has 0 saturated heterocycles. The first kappa shape index (κ1) is 17.0. The smallest absolute Gasteiger partial charge is 0.333 e. The fourth-order valence-electron chi connectivity index (χ4n) is 2.07. The van der Waals surface area contributed by atoms with Crippen LogP contribution in [-0.4, -0.2) is 31.0 Å². The van der Waals surface area contributed by atoms with Crippen LogP contribution >= 0.6 is 0 Å². The van der Waals surface area contributed by atoms with Crippen LogP contribution in [0, 0.1) is 0 Å². The van der Waals surface area contributed by atoms with Crippen molar-refractivity contribution >= 4 is 11.6 Å². The van der Waals surface area contributed by atoms with Crippen LogP contribution < -0.4 is 16.7 Å². The van der Waals surface area contributed by atoms with Gasteiger partial charge in [-0.1, -0.05) is 12.1 Å². The molecule has 1 aromatic carbocycles. The molecule has 2 rings (SSSR count). The molecule has 3 N–H and O–H groups in total. The highest BCUT2D eigenvalue weighted by atomic mass is 16.3. The maximum absolute atomic E-state index is 12.1. The van der Waals surface area contributed by atoms with E-state index in [0.717, 1.165) is 9.13 Å². The number of benzene rings is 1. The maximum atomic E-state index is 12.1. The third kappa shape index (κ3) is 2.91. The second-order valence-electron chi connectivity index (χ2n) is 5.06. The molecule has 0 saturated carbocycles. The zero-order valence-corrected chi connectivity index (χ0v) is 13.3. The van der Waals surface area contributed by atoms with Gasteiger partial charge in [0.1, 0.15) is 11.3 Å². The lowest BCUT2D eigenvalue weighted by molar-refractivity contribution is 0.0952. The molecular formula is C15H16N4O5. The van der Waals surface area contributed by atoms with E-state index in [-0.39, 0.29) is 22.6 Å². The molecule has 0 aliphatic carbocycles. The predicted molar refractivity (Wildman–Crippen MR) is 86.4 cm³/mol. The largest absolute Gasteiger partial charge is 0.507 e. The van der Waals surface area contributed by atoms with E-state index in [1.54, 1.807) is 12.1 Å². The van der Waals surface area contributed by atoms with Gasteiger partial charge in [0.25, 0.3) is 11.5 Å². The Balaban J connectivity index is 2.40. The van der Waals surface area contributed by atoms with E-state index in [1.807, 2.05) is 0 Å². The molecule has 1 aromatic heterocycles. The molecule has 9 heteroatoms. The Morgan fingerprint density at radius 3 is 2.38 bits per heavy atom. The molecule has 0 bridgehead atoms. The highest BCUT2D eigenvalue weighted by Gasteiger charge is 2.18. The molecule has 0 unspecified atom stereocenters. The van der Waals surface area contributed by atoms with Gasteiger partial charge in [0, 0.05) is 14.1 Å². The Morgan fingerprint density at radius 2 is 1.75 bits per heavy atom. The first-order valence-electron chi connectivity index (χ1n) is 6.87. The van der Waals surface area contributed by atoms with Crippen LogP contribution in [0.5, 0.6) is 11.6 Å². The Hall–Kier alpha value is -3.36. The van der Waals surface area contributed by atoms with Gasteiger partial charge in [0.15, 0.2) is 0 Å². The first-order chi connectivity index (χ1) is 11.3. The summed E-state index contributed by atoms with van der Waals surface area (Å²) in [6.45, 7) is 1.39. The van der Waals surface area contributed by atoms with E-state index >= 15 is 0 Å². The van der Waals surface area contributed by atoms with E-state index in [1.165, 1.54) is 33.2 Å². The second kappa shape index (κ2) is 6.41. The van der Waals surface area contributed by atoms with Gasteiger partial charge in [-0.15, -0.1) is 0 Å². The molecular weight excluding hydrogens is 316 g/mol. The number of hydrazone groups is 1. The van der Waals surface area contributed by atoms with Crippen molar-refractivity contribution in [1.82, 2.24) is 14.6 Å². The van der Waals surface area contributed by atoms with Crippen molar-refractivity contribution in [3.05, 3.63) is 56.2 Å². The number of carbonyl (C=O) groups excluding carboxylic acids is 1. The number of aromatic hydroxyl groups is 2. The van der Waals surface area contributed by atoms with Crippen molar-refractivity contribution in [2.45, 2.75) is 6.92 Å². The Morgan fingerprint density at radius 1 is 1.12 bits per heavy atom. The molecule has 0 aliphatic heterocycles. The number of hydrogen-bond acceptors (Lipinski definition) is 6. The maximum Gasteiger partial charge on any atom is 0.333 e. The zero-order valence-electron chi connectivity index (χ0n) is 13.3. The third-order valence-electron chi connectivity index (χ3n) is 3.47. The van der Waals surface area contributed by atoms with E-state index < -0.39 is 23.0 Å². The van der Waals surface area contributed by atoms with E-state index in [2.05, 4.69) is 10.5 Å². The van der Waals surface area contributed by atoms with Gasteiger partial charge in [-0.2, -0.15) is 5.10 Å². The number of hydrogen-bond donors (Lipinski definition) is 3. The highest BCUT2D eigenvalue weighted by molar-refractivity contribution is 6.02. The topological polar surface area (TPSA) is 126 Å². The molecule has 0 aliphatic rings. The monoisotopic (exact) mass is 332 g/mol. The third-order valence-corrected chi connectivity index (χ3v) is 3.47. The average Bonchev–Trinajstić information content (AvgIpc) is 2.56. The lowest BCUT2D eigenvalue weighted by Gasteiger charge is -2.10. The van der Waals surface area contributed by atoms with Crippen molar-refractivity contribution in [3.8, 4) is 11.6 Å². The number of para-hydroxylation sites is 1. The summed E-state index contributed by atoms with van der Waals surface area (Å²) >= 11 is 0. The molecule has 126 valence electrons. The number of phenols is 1. The second-order valence-corrected chi connectivity index (χ2v) is 5.06. The Labute approximate surface area is 136 Å². The lowest BCUT2D eigenvalue weighted by atomic mass is 10.2. The predicted octanol–water partition coefficient (Wildman–Crippen LogP) is -0.351. The van der Waals surface area contributed by atoms with E-state index in [4.69, 9.17) is 0 Å². The van der Waals surface area contributed by atoms with Crippen molar-refractivity contribution in [3.63, 3.8) is 0 Å². The van der Waals surface area contributed by atoms with Crippen LogP contribution in [0.1, 0.15) is 22.8 Å². The van der Waals surface area contributed by atoms with Gasteiger partial charge < -0.3 is 10.2 Å². The van der Waals surface area contributed by atoms with Gasteiger partial charge in [0.05, 0.1) is 11.3 Å². The Kier molecular flexibility index (Phi) is 4.54. The quantitative estimate of drug-likeness (QED) is 0.523. The molecule has 1 heterocycles. The summed E-state index contributed by atoms with van der Waals surface area (Å²) in [5.41, 5.74) is 0.561. The van der Waals surface area contributed by atoms with Crippen LogP contribution in [0.2, 0.25) is 0 Å². The summed E-state index contributed by atoms with van der Waals surface area (Å²) < 4.78 is 1.71. The van der Waals surface area contributed by atoms with Crippen LogP contribution in [-0.2, 0) is 14.1 Å². The van der Waals surface area contributed by atoms with Gasteiger partial charge in [0.2, 0.25) is 5.88 Å². The SMILES string of the molecule is CC(=NNC(=O)c1ccccc1O)c1c(O)n(C)c(=O)n(C)c1=O. The molecule has 0 spiro atoms. The minimum atomic E-state index is -0.742. The van der Waals surface area contributed by atoms with Crippen LogP contribution in [0.25, 0.3) is 0 Å². The molecule has 0 radical (unpaired) electrons. The van der Waals surface area contributed by atoms with Crippen molar-refractivity contribution in [2.75, 3.05) is 0 Å². The van der Waals surface area contributed by atoms with Crippen LogP contribution in [0.15, 0.2) is 39.0 Å². The summed E-state index contributed by atoms with van der Waals surface area (Å²) in [6.07, 6.45) is 0. The van der Waals surface area contributed by atoms with Gasteiger partial charge in [-0.25, -0.2) is 10.2 Å². The average molecular weight is 332 g/mol. The van der Waals surface area contributed by atoms with Crippen LogP contribution in [0.4, 0.5) is 0 Å². The number of phenolic OH excluding ortho intramolecular Hbond substituents is 1. The molecule has 9 nitrogen and oxygen atoms in total. The number of carbonyl (C=O) groups is 1. The van der Waals surface area contributed by atoms with Gasteiger partial charge in [-0.05, 0) is 19.1 Å². The minimum Gasteiger partial charge on any atom is -0.507 e. The van der Waals surface area contributed by atoms with Gasteiger partial charge >= 0.3 is 5.69 Å². The summed E-state index contributed by atoms with van der Waals surface area (Å²) in [5, 5.41) is 23.4. The molecule has 2 aromatic rings. The number of nitrogens with one attached hydrogen (secondary N) is 1. The fourth-order valence-corrected chi connectivity index (χ4v) is 2.07. The normalized spacial score (nSPS) is 11.4. The summed E-state index contributed by atoms with van der Waals surface area (Å²) in [4.78, 5) is 35.8. The van der Waals surface area contributed by atoms with Crippen molar-refractivity contribution in [1.29, 1.82) is 0 Å². The Bertz CT molecular complexity index is 955. The van der Waals surface area contributed by atoms with E-state index in [0.29, 0.717) is 0 Å². The minimum absolute atomic E-state index is 0.00614. The first-order valence-corrected chi connectivity index (χ1v) is 6.87. The van der Waals surface area contributed by atoms with Crippen LogP contribution in [0.3, 0.4) is 0 Å². The number of amides is 1. The standard InChI is InChI=1S/C15H16N4O5/c1-8(11-13(22)18(2)15(24)19(3)14(11)23)16-17-12(21)9-6-4-5-7-10(9)20/h4-7,20,22H,1-3H3,(H,17,21). The number of aromatic nitrogens is 2. The molecule has 1 amide bonds. The van der Waals surface area contributed by atoms with Crippen molar-refractivity contribution < 1.29 is 15.0 Å². The summed E-state index contributed by atoms with van der Waals surface area (Å²) in [7, 11) is 2.57. The fraction of sp³-hybridized carbons (Fsp3) is 0.200. The summed E-state index contributed by atoms with van der Waals surface area (Å²) in [5.74, 6) is -1.46. The molecule has 24 heavy (non-hydrogen) atoms. The van der Waals surface area contributed by atoms with Crippen molar-refractivity contribution in [2.24, 2.45) is 19.2 Å². The zero-order chi connectivity index (χ0) is 18.0. The molecule has 0 atom stereocenters. The van der Waals surface area contributed by atoms with Gasteiger partial charge in [-0.3, -0.25) is 18.7 Å². The highest BCUT2D eigenvalue weighted by Crippen LogP contribution is 2.15. The molecule has 0 fully saturated rings. The number of rotatable bonds is 3. The lowest BCUT2D eigenvalue weighted by Crippen LogP contribution is -2.40.